The van der Waals surface area contributed by atoms with Gasteiger partial charge in [0.25, 0.3) is 0 Å². The molecule has 2 heterocycles. The van der Waals surface area contributed by atoms with Crippen LogP contribution < -0.4 is 5.32 Å². The molecule has 0 radical (unpaired) electrons. The summed E-state index contributed by atoms with van der Waals surface area (Å²) in [7, 11) is 0. The van der Waals surface area contributed by atoms with E-state index in [0.717, 1.165) is 34.0 Å². The van der Waals surface area contributed by atoms with Crippen LogP contribution in [-0.2, 0) is 20.9 Å². The van der Waals surface area contributed by atoms with Gasteiger partial charge in [-0.25, -0.2) is 9.79 Å². The first-order valence-electron chi connectivity index (χ1n) is 11.9. The van der Waals surface area contributed by atoms with Crippen LogP contribution in [0.4, 0.5) is 0 Å². The predicted molar refractivity (Wildman–Crippen MR) is 140 cm³/mol. The molecule has 0 aromatic heterocycles. The Labute approximate surface area is 211 Å². The summed E-state index contributed by atoms with van der Waals surface area (Å²) in [6.45, 7) is 8.10. The van der Waals surface area contributed by atoms with E-state index in [0.29, 0.717) is 11.3 Å². The Kier molecular flexibility index (Phi) is 7.76. The van der Waals surface area contributed by atoms with Crippen molar-refractivity contribution in [3.05, 3.63) is 93.7 Å². The predicted octanol–water partition coefficient (Wildman–Crippen LogP) is 5.62. The number of allylic oxidation sites excluding steroid dienone is 1. The molecule has 0 aliphatic carbocycles. The zero-order valence-electron chi connectivity index (χ0n) is 20.6. The fourth-order valence-electron chi connectivity index (χ4n) is 4.21. The third-order valence-electron chi connectivity index (χ3n) is 6.28. The molecular weight excluding hydrogens is 458 g/mol. The number of rotatable bonds is 8. The molecule has 2 unspecified atom stereocenters. The summed E-state index contributed by atoms with van der Waals surface area (Å²) >= 11 is 1.48. The van der Waals surface area contributed by atoms with Crippen molar-refractivity contribution in [1.82, 2.24) is 10.2 Å². The number of benzene rings is 2. The third-order valence-corrected chi connectivity index (χ3v) is 7.17. The monoisotopic (exact) mass is 489 g/mol. The number of carbonyl (C=O) groups is 2. The van der Waals surface area contributed by atoms with E-state index in [1.807, 2.05) is 92.6 Å². The summed E-state index contributed by atoms with van der Waals surface area (Å²) in [6.07, 6.45) is 1.07. The topological polar surface area (TPSA) is 71.0 Å². The van der Waals surface area contributed by atoms with Crippen LogP contribution in [0.3, 0.4) is 0 Å². The van der Waals surface area contributed by atoms with Crippen LogP contribution in [0.1, 0.15) is 56.3 Å². The number of nitrogens with zero attached hydrogens (tertiary/aromatic N) is 2. The molecule has 0 saturated carbocycles. The quantitative estimate of drug-likeness (QED) is 0.488. The Hall–Kier alpha value is -3.32. The summed E-state index contributed by atoms with van der Waals surface area (Å²) in [5.74, 6) is -0.446. The molecule has 0 bridgehead atoms. The molecule has 2 aliphatic heterocycles. The minimum atomic E-state index is -0.426. The molecule has 0 saturated heterocycles. The molecule has 2 atom stereocenters. The number of ether oxygens (including phenoxy) is 1. The molecule has 1 amide bonds. The van der Waals surface area contributed by atoms with Gasteiger partial charge in [-0.05, 0) is 49.3 Å². The minimum Gasteiger partial charge on any atom is -0.457 e. The molecule has 7 heteroatoms. The Morgan fingerprint density at radius 2 is 1.83 bits per heavy atom. The second-order valence-electron chi connectivity index (χ2n) is 8.86. The molecule has 35 heavy (non-hydrogen) atoms. The number of esters is 1. The number of hydrogen-bond acceptors (Lipinski definition) is 6. The van der Waals surface area contributed by atoms with Crippen LogP contribution in [0.15, 0.2) is 82.0 Å². The standard InChI is InChI=1S/C28H31N3O3S/c1-5-19(3)29-24(32)15-22-17-35-28-30-20(4)25(27(33)34-16-21-12-7-6-8-13-21)26(31(22)28)23-14-10-9-11-18(23)2/h6-14,17,19,26H,5,15-16H2,1-4H3,(H,29,32). The molecule has 2 aromatic rings. The second kappa shape index (κ2) is 11.0. The van der Waals surface area contributed by atoms with E-state index in [9.17, 15) is 9.59 Å². The summed E-state index contributed by atoms with van der Waals surface area (Å²) in [5.41, 5.74) is 4.92. The number of amidine groups is 1. The average molecular weight is 490 g/mol. The molecule has 4 rings (SSSR count). The molecule has 182 valence electrons. The largest absolute Gasteiger partial charge is 0.457 e. The molecular formula is C28H31N3O3S. The third kappa shape index (κ3) is 5.51. The van der Waals surface area contributed by atoms with Gasteiger partial charge in [-0.2, -0.15) is 0 Å². The van der Waals surface area contributed by atoms with Gasteiger partial charge in [0, 0.05) is 11.7 Å². The Balaban J connectivity index is 1.67. The molecule has 6 nitrogen and oxygen atoms in total. The van der Waals surface area contributed by atoms with E-state index in [1.165, 1.54) is 11.8 Å². The molecule has 2 aromatic carbocycles. The number of hydrogen-bond donors (Lipinski definition) is 1. The smallest absolute Gasteiger partial charge is 0.338 e. The lowest BCUT2D eigenvalue weighted by Crippen LogP contribution is -2.39. The lowest BCUT2D eigenvalue weighted by atomic mass is 9.91. The van der Waals surface area contributed by atoms with Gasteiger partial charge in [-0.3, -0.25) is 4.79 Å². The van der Waals surface area contributed by atoms with Gasteiger partial charge < -0.3 is 15.0 Å². The molecule has 0 spiro atoms. The normalized spacial score (nSPS) is 17.9. The maximum absolute atomic E-state index is 13.5. The fourth-order valence-corrected chi connectivity index (χ4v) is 5.18. The first-order chi connectivity index (χ1) is 16.9. The number of amides is 1. The Bertz CT molecular complexity index is 1200. The number of carbonyl (C=O) groups excluding carboxylic acids is 2. The van der Waals surface area contributed by atoms with E-state index in [2.05, 4.69) is 5.32 Å². The van der Waals surface area contributed by atoms with E-state index < -0.39 is 12.0 Å². The molecule has 2 aliphatic rings. The van der Waals surface area contributed by atoms with Crippen molar-refractivity contribution in [2.45, 2.75) is 59.2 Å². The van der Waals surface area contributed by atoms with Gasteiger partial charge in [0.15, 0.2) is 5.17 Å². The summed E-state index contributed by atoms with van der Waals surface area (Å²) in [6, 6.07) is 17.3. The SMILES string of the molecule is CCC(C)NC(=O)CC1=CSC2=NC(C)=C(C(=O)OCc3ccccc3)C(c3ccccc3C)N12. The number of nitrogens with one attached hydrogen (secondary N) is 1. The minimum absolute atomic E-state index is 0.0459. The lowest BCUT2D eigenvalue weighted by molar-refractivity contribution is -0.141. The van der Waals surface area contributed by atoms with Gasteiger partial charge in [0.1, 0.15) is 6.61 Å². The van der Waals surface area contributed by atoms with Crippen molar-refractivity contribution < 1.29 is 14.3 Å². The Morgan fingerprint density at radius 3 is 2.54 bits per heavy atom. The van der Waals surface area contributed by atoms with Crippen molar-refractivity contribution in [2.75, 3.05) is 0 Å². The van der Waals surface area contributed by atoms with Gasteiger partial charge in [-0.15, -0.1) is 0 Å². The fraction of sp³-hybridized carbons (Fsp3) is 0.321. The maximum Gasteiger partial charge on any atom is 0.338 e. The Morgan fingerprint density at radius 1 is 1.11 bits per heavy atom. The molecule has 0 fully saturated rings. The second-order valence-corrected chi connectivity index (χ2v) is 9.70. The highest BCUT2D eigenvalue weighted by molar-refractivity contribution is 8.16. The van der Waals surface area contributed by atoms with E-state index in [-0.39, 0.29) is 25.0 Å². The van der Waals surface area contributed by atoms with Gasteiger partial charge in [0.2, 0.25) is 5.91 Å². The molecule has 1 N–H and O–H groups in total. The van der Waals surface area contributed by atoms with Crippen LogP contribution in [0.25, 0.3) is 0 Å². The van der Waals surface area contributed by atoms with Crippen molar-refractivity contribution in [3.8, 4) is 0 Å². The van der Waals surface area contributed by atoms with E-state index in [4.69, 9.17) is 9.73 Å². The van der Waals surface area contributed by atoms with Crippen LogP contribution in [0, 0.1) is 6.92 Å². The van der Waals surface area contributed by atoms with Crippen molar-refractivity contribution in [2.24, 2.45) is 4.99 Å². The van der Waals surface area contributed by atoms with Gasteiger partial charge in [0.05, 0.1) is 23.7 Å². The van der Waals surface area contributed by atoms with Crippen LogP contribution in [0.2, 0.25) is 0 Å². The van der Waals surface area contributed by atoms with Crippen LogP contribution in [-0.4, -0.2) is 28.0 Å². The zero-order valence-corrected chi connectivity index (χ0v) is 21.4. The summed E-state index contributed by atoms with van der Waals surface area (Å²) in [5, 5.41) is 5.77. The average Bonchev–Trinajstić information content (AvgIpc) is 3.24. The highest BCUT2D eigenvalue weighted by Gasteiger charge is 2.41. The number of aliphatic imine (C=N–C) groups is 1. The van der Waals surface area contributed by atoms with E-state index >= 15 is 0 Å². The van der Waals surface area contributed by atoms with Crippen molar-refractivity contribution >= 4 is 28.8 Å². The first-order valence-corrected chi connectivity index (χ1v) is 12.8. The van der Waals surface area contributed by atoms with E-state index in [1.54, 1.807) is 0 Å². The highest BCUT2D eigenvalue weighted by Crippen LogP contribution is 2.45. The van der Waals surface area contributed by atoms with Crippen molar-refractivity contribution in [1.29, 1.82) is 0 Å². The van der Waals surface area contributed by atoms with Crippen molar-refractivity contribution in [3.63, 3.8) is 0 Å². The number of thioether (sulfide) groups is 1. The van der Waals surface area contributed by atoms with Gasteiger partial charge >= 0.3 is 5.97 Å². The van der Waals surface area contributed by atoms with Crippen LogP contribution in [0.5, 0.6) is 0 Å². The number of aryl methyl sites for hydroxylation is 1. The lowest BCUT2D eigenvalue weighted by Gasteiger charge is -2.37. The maximum atomic E-state index is 13.5. The summed E-state index contributed by atoms with van der Waals surface area (Å²) in [4.78, 5) is 33.0. The highest BCUT2D eigenvalue weighted by atomic mass is 32.2. The number of fused-ring (bicyclic) bond motifs is 1. The van der Waals surface area contributed by atoms with Gasteiger partial charge in [-0.1, -0.05) is 73.3 Å². The summed E-state index contributed by atoms with van der Waals surface area (Å²) < 4.78 is 5.76. The van der Waals surface area contributed by atoms with Crippen LogP contribution >= 0.6 is 11.8 Å². The zero-order chi connectivity index (χ0) is 24.9. The first kappa shape index (κ1) is 24.8.